The van der Waals surface area contributed by atoms with Crippen LogP contribution in [-0.4, -0.2) is 52.4 Å². The molecule has 1 N–H and O–H groups in total. The molecule has 1 aliphatic heterocycles. The number of nitrogens with one attached hydrogen (secondary N) is 1. The molecule has 1 aliphatic rings. The largest absolute Gasteiger partial charge is 0.497 e. The number of rotatable bonds is 6. The quantitative estimate of drug-likeness (QED) is 0.664. The van der Waals surface area contributed by atoms with Crippen molar-refractivity contribution in [2.45, 2.75) is 19.4 Å². The van der Waals surface area contributed by atoms with Gasteiger partial charge in [0.05, 0.1) is 14.2 Å². The van der Waals surface area contributed by atoms with Crippen molar-refractivity contribution in [3.05, 3.63) is 41.1 Å². The molecule has 1 fully saturated rings. The molecular formula is C19H22N6O4. The van der Waals surface area contributed by atoms with Crippen LogP contribution in [-0.2, 0) is 11.3 Å². The highest BCUT2D eigenvalue weighted by Gasteiger charge is 2.20. The van der Waals surface area contributed by atoms with Crippen LogP contribution in [0.3, 0.4) is 0 Å². The molecule has 1 saturated heterocycles. The zero-order valence-corrected chi connectivity index (χ0v) is 16.3. The minimum atomic E-state index is -0.388. The summed E-state index contributed by atoms with van der Waals surface area (Å²) in [6, 6.07) is 5.04. The first-order valence-corrected chi connectivity index (χ1v) is 9.31. The number of hydrogen-bond donors (Lipinski definition) is 1. The Labute approximate surface area is 166 Å². The average molecular weight is 398 g/mol. The number of nitrogens with zero attached hydrogens (tertiary/aromatic N) is 5. The van der Waals surface area contributed by atoms with Crippen molar-refractivity contribution in [2.75, 3.05) is 37.5 Å². The van der Waals surface area contributed by atoms with E-state index >= 15 is 0 Å². The van der Waals surface area contributed by atoms with E-state index in [0.29, 0.717) is 28.7 Å². The molecule has 0 saturated carbocycles. The van der Waals surface area contributed by atoms with E-state index in [2.05, 4.69) is 20.3 Å². The fourth-order valence-corrected chi connectivity index (χ4v) is 3.41. The number of methoxy groups -OCH3 is 2. The summed E-state index contributed by atoms with van der Waals surface area (Å²) in [5.41, 5.74) is 0.568. The maximum absolute atomic E-state index is 12.7. The van der Waals surface area contributed by atoms with Gasteiger partial charge in [-0.25, -0.2) is 18.9 Å². The summed E-state index contributed by atoms with van der Waals surface area (Å²) >= 11 is 0. The third-order valence-electron chi connectivity index (χ3n) is 4.82. The number of amides is 1. The van der Waals surface area contributed by atoms with Crippen LogP contribution in [0.15, 0.2) is 35.4 Å². The highest BCUT2D eigenvalue weighted by Crippen LogP contribution is 2.25. The number of carbonyl (C=O) groups is 1. The minimum Gasteiger partial charge on any atom is -0.497 e. The van der Waals surface area contributed by atoms with Gasteiger partial charge in [-0.1, -0.05) is 0 Å². The second-order valence-electron chi connectivity index (χ2n) is 6.73. The molecule has 10 nitrogen and oxygen atoms in total. The molecule has 0 spiro atoms. The van der Waals surface area contributed by atoms with Crippen molar-refractivity contribution in [1.82, 2.24) is 19.2 Å². The van der Waals surface area contributed by atoms with Crippen molar-refractivity contribution in [2.24, 2.45) is 0 Å². The van der Waals surface area contributed by atoms with Crippen molar-refractivity contribution >= 4 is 23.1 Å². The lowest BCUT2D eigenvalue weighted by molar-refractivity contribution is -0.117. The average Bonchev–Trinajstić information content (AvgIpc) is 3.36. The van der Waals surface area contributed by atoms with Gasteiger partial charge in [-0.15, -0.1) is 5.10 Å². The van der Waals surface area contributed by atoms with Gasteiger partial charge in [-0.05, 0) is 12.8 Å². The maximum Gasteiger partial charge on any atom is 0.350 e. The Morgan fingerprint density at radius 1 is 1.14 bits per heavy atom. The predicted molar refractivity (Wildman–Crippen MR) is 107 cm³/mol. The van der Waals surface area contributed by atoms with Gasteiger partial charge in [-0.3, -0.25) is 4.79 Å². The van der Waals surface area contributed by atoms with Crippen LogP contribution in [0, 0.1) is 0 Å². The topological polar surface area (TPSA) is 103 Å². The lowest BCUT2D eigenvalue weighted by atomic mass is 10.2. The first kappa shape index (κ1) is 18.8. The smallest absolute Gasteiger partial charge is 0.350 e. The number of carbonyl (C=O) groups excluding carboxylic acids is 1. The van der Waals surface area contributed by atoms with Gasteiger partial charge >= 0.3 is 5.69 Å². The zero-order chi connectivity index (χ0) is 20.4. The van der Waals surface area contributed by atoms with Gasteiger partial charge < -0.3 is 19.7 Å². The molecule has 1 amide bonds. The van der Waals surface area contributed by atoms with Crippen LogP contribution >= 0.6 is 0 Å². The summed E-state index contributed by atoms with van der Waals surface area (Å²) in [5.74, 6) is 1.37. The summed E-state index contributed by atoms with van der Waals surface area (Å²) in [5, 5.41) is 7.11. The number of aromatic nitrogens is 4. The highest BCUT2D eigenvalue weighted by molar-refractivity contribution is 5.91. The van der Waals surface area contributed by atoms with E-state index in [9.17, 15) is 9.59 Å². The summed E-state index contributed by atoms with van der Waals surface area (Å²) in [6.07, 6.45) is 5.31. The molecule has 4 rings (SSSR count). The molecular weight excluding hydrogens is 376 g/mol. The minimum absolute atomic E-state index is 0.223. The first-order chi connectivity index (χ1) is 14.1. The molecule has 0 atom stereocenters. The van der Waals surface area contributed by atoms with Gasteiger partial charge in [0.2, 0.25) is 11.6 Å². The molecule has 29 heavy (non-hydrogen) atoms. The van der Waals surface area contributed by atoms with Crippen molar-refractivity contribution in [1.29, 1.82) is 0 Å². The van der Waals surface area contributed by atoms with E-state index in [4.69, 9.17) is 9.47 Å². The Morgan fingerprint density at radius 2 is 1.83 bits per heavy atom. The van der Waals surface area contributed by atoms with Crippen molar-refractivity contribution in [3.63, 3.8) is 0 Å². The number of fused-ring (bicyclic) bond motifs is 1. The summed E-state index contributed by atoms with van der Waals surface area (Å²) in [6.45, 7) is 1.54. The summed E-state index contributed by atoms with van der Waals surface area (Å²) in [7, 11) is 3.06. The molecule has 3 aromatic rings. The van der Waals surface area contributed by atoms with Gasteiger partial charge in [0.25, 0.3) is 0 Å². The Kier molecular flexibility index (Phi) is 5.07. The third-order valence-corrected chi connectivity index (χ3v) is 4.82. The number of anilines is 2. The fourth-order valence-electron chi connectivity index (χ4n) is 3.41. The number of ether oxygens (including phenoxy) is 2. The second-order valence-corrected chi connectivity index (χ2v) is 6.73. The van der Waals surface area contributed by atoms with E-state index in [1.54, 1.807) is 30.6 Å². The van der Waals surface area contributed by atoms with E-state index in [0.717, 1.165) is 30.6 Å². The Balaban J connectivity index is 1.58. The standard InChI is InChI=1S/C19H22N6O4/c1-28-14-9-13(10-15(11-14)29-2)21-16(26)12-25-19(27)24-8-5-20-17(18(24)22-25)23-6-3-4-7-23/h5,8-11H,3-4,6-7,12H2,1-2H3,(H,21,26). The van der Waals surface area contributed by atoms with Crippen molar-refractivity contribution in [3.8, 4) is 11.5 Å². The lowest BCUT2D eigenvalue weighted by Gasteiger charge is -2.15. The molecule has 1 aromatic carbocycles. The molecule has 152 valence electrons. The van der Waals surface area contributed by atoms with Crippen LogP contribution in [0.1, 0.15) is 12.8 Å². The van der Waals surface area contributed by atoms with Crippen LogP contribution in [0.25, 0.3) is 5.65 Å². The van der Waals surface area contributed by atoms with Gasteiger partial charge in [0.1, 0.15) is 18.0 Å². The molecule has 2 aromatic heterocycles. The third kappa shape index (κ3) is 3.73. The van der Waals surface area contributed by atoms with Crippen molar-refractivity contribution < 1.29 is 14.3 Å². The fraction of sp³-hybridized carbons (Fsp3) is 0.368. The van der Waals surface area contributed by atoms with E-state index in [1.807, 2.05) is 0 Å². The van der Waals surface area contributed by atoms with Crippen LogP contribution in [0.2, 0.25) is 0 Å². The van der Waals surface area contributed by atoms with E-state index in [1.165, 1.54) is 18.6 Å². The van der Waals surface area contributed by atoms with Gasteiger partial charge in [0, 0.05) is 49.4 Å². The van der Waals surface area contributed by atoms with Gasteiger partial charge in [0.15, 0.2) is 5.82 Å². The molecule has 0 aliphatic carbocycles. The summed E-state index contributed by atoms with van der Waals surface area (Å²) in [4.78, 5) is 31.7. The predicted octanol–water partition coefficient (Wildman–Crippen LogP) is 1.15. The maximum atomic E-state index is 12.7. The Bertz CT molecular complexity index is 1080. The van der Waals surface area contributed by atoms with Gasteiger partial charge in [-0.2, -0.15) is 0 Å². The molecule has 0 radical (unpaired) electrons. The van der Waals surface area contributed by atoms with Crippen LogP contribution in [0.4, 0.5) is 11.5 Å². The molecule has 3 heterocycles. The zero-order valence-electron chi connectivity index (χ0n) is 16.3. The Hall–Kier alpha value is -3.56. The molecule has 0 unspecified atom stereocenters. The summed E-state index contributed by atoms with van der Waals surface area (Å²) < 4.78 is 13.0. The second kappa shape index (κ2) is 7.82. The number of benzene rings is 1. The normalized spacial score (nSPS) is 13.7. The molecule has 0 bridgehead atoms. The van der Waals surface area contributed by atoms with E-state index in [-0.39, 0.29) is 18.1 Å². The van der Waals surface area contributed by atoms with E-state index < -0.39 is 0 Å². The lowest BCUT2D eigenvalue weighted by Crippen LogP contribution is -2.28. The monoisotopic (exact) mass is 398 g/mol. The highest BCUT2D eigenvalue weighted by atomic mass is 16.5. The SMILES string of the molecule is COc1cc(NC(=O)Cn2nc3c(N4CCCC4)nccn3c2=O)cc(OC)c1. The molecule has 10 heteroatoms. The number of hydrogen-bond acceptors (Lipinski definition) is 7. The first-order valence-electron chi connectivity index (χ1n) is 9.31. The Morgan fingerprint density at radius 3 is 2.48 bits per heavy atom. The van der Waals surface area contributed by atoms with Crippen LogP contribution < -0.4 is 25.4 Å². The van der Waals surface area contributed by atoms with Crippen LogP contribution in [0.5, 0.6) is 11.5 Å².